The van der Waals surface area contributed by atoms with Crippen molar-refractivity contribution in [2.24, 2.45) is 0 Å². The maximum atomic E-state index is 13.0. The van der Waals surface area contributed by atoms with Crippen molar-refractivity contribution < 1.29 is 23.5 Å². The highest BCUT2D eigenvalue weighted by molar-refractivity contribution is 5.96. The highest BCUT2D eigenvalue weighted by Crippen LogP contribution is 2.33. The Kier molecular flexibility index (Phi) is 7.80. The fourth-order valence-corrected chi connectivity index (χ4v) is 3.93. The van der Waals surface area contributed by atoms with Crippen LogP contribution < -0.4 is 15.7 Å². The lowest BCUT2D eigenvalue weighted by Crippen LogP contribution is -2.43. The molecule has 1 heterocycles. The molecule has 3 aromatic carbocycles. The van der Waals surface area contributed by atoms with Gasteiger partial charge in [0.15, 0.2) is 0 Å². The number of alkyl carbamates (subject to hydrolysis) is 1. The van der Waals surface area contributed by atoms with Gasteiger partial charge in [-0.05, 0) is 42.2 Å². The largest absolute Gasteiger partial charge is 0.445 e. The van der Waals surface area contributed by atoms with Gasteiger partial charge in [0.05, 0.1) is 0 Å². The van der Waals surface area contributed by atoms with Crippen LogP contribution in [0.1, 0.15) is 30.9 Å². The first-order valence-corrected chi connectivity index (χ1v) is 11.8. The lowest BCUT2D eigenvalue weighted by molar-refractivity contribution is -0.136. The molecule has 0 saturated carbocycles. The molecule has 0 saturated heterocycles. The van der Waals surface area contributed by atoms with Crippen molar-refractivity contribution in [3.8, 4) is 16.9 Å². The van der Waals surface area contributed by atoms with Gasteiger partial charge in [0.2, 0.25) is 0 Å². The first-order valence-electron chi connectivity index (χ1n) is 11.8. The molecule has 36 heavy (non-hydrogen) atoms. The SMILES string of the molecule is CCC[C@@H](NC(=O)OCc1ccccc1)C(=O)Oc1ccc2c(-c3ccccc3)cc(=O)oc2c1C. The Morgan fingerprint density at radius 1 is 0.972 bits per heavy atom. The van der Waals surface area contributed by atoms with Crippen LogP contribution in [0.2, 0.25) is 0 Å². The molecule has 0 aliphatic heterocycles. The van der Waals surface area contributed by atoms with Crippen molar-refractivity contribution in [2.45, 2.75) is 39.3 Å². The van der Waals surface area contributed by atoms with Gasteiger partial charge in [0.25, 0.3) is 0 Å². The number of hydrogen-bond donors (Lipinski definition) is 1. The topological polar surface area (TPSA) is 94.8 Å². The van der Waals surface area contributed by atoms with Crippen LogP contribution in [0.25, 0.3) is 22.1 Å². The van der Waals surface area contributed by atoms with Crippen molar-refractivity contribution in [1.29, 1.82) is 0 Å². The molecule has 0 bridgehead atoms. The molecule has 1 N–H and O–H groups in total. The van der Waals surface area contributed by atoms with Gasteiger partial charge in [-0.15, -0.1) is 0 Å². The van der Waals surface area contributed by atoms with Gasteiger partial charge < -0.3 is 19.2 Å². The van der Waals surface area contributed by atoms with E-state index in [2.05, 4.69) is 5.32 Å². The lowest BCUT2D eigenvalue weighted by atomic mass is 10.00. The molecular weight excluding hydrogens is 458 g/mol. The number of rotatable bonds is 8. The molecule has 7 heteroatoms. The van der Waals surface area contributed by atoms with Gasteiger partial charge >= 0.3 is 17.7 Å². The summed E-state index contributed by atoms with van der Waals surface area (Å²) in [5, 5.41) is 3.32. The minimum absolute atomic E-state index is 0.0904. The molecule has 0 aliphatic carbocycles. The number of ether oxygens (including phenoxy) is 2. The van der Waals surface area contributed by atoms with E-state index < -0.39 is 23.7 Å². The minimum Gasteiger partial charge on any atom is -0.445 e. The predicted molar refractivity (Wildman–Crippen MR) is 137 cm³/mol. The quantitative estimate of drug-likeness (QED) is 0.193. The summed E-state index contributed by atoms with van der Waals surface area (Å²) in [5.41, 5.74) is 2.80. The Labute approximate surface area is 208 Å². The predicted octanol–water partition coefficient (Wildman–Crippen LogP) is 5.77. The highest BCUT2D eigenvalue weighted by Gasteiger charge is 2.24. The summed E-state index contributed by atoms with van der Waals surface area (Å²) in [6.07, 6.45) is 0.312. The summed E-state index contributed by atoms with van der Waals surface area (Å²) in [6.45, 7) is 3.71. The third-order valence-electron chi connectivity index (χ3n) is 5.77. The molecule has 4 rings (SSSR count). The van der Waals surface area contributed by atoms with E-state index in [0.29, 0.717) is 24.0 Å². The Morgan fingerprint density at radius 2 is 1.67 bits per heavy atom. The summed E-state index contributed by atoms with van der Waals surface area (Å²) < 4.78 is 16.4. The third kappa shape index (κ3) is 5.81. The van der Waals surface area contributed by atoms with Gasteiger partial charge in [0.1, 0.15) is 24.0 Å². The fourth-order valence-electron chi connectivity index (χ4n) is 3.93. The first kappa shape index (κ1) is 24.7. The lowest BCUT2D eigenvalue weighted by Gasteiger charge is -2.18. The van der Waals surface area contributed by atoms with E-state index in [9.17, 15) is 14.4 Å². The third-order valence-corrected chi connectivity index (χ3v) is 5.77. The van der Waals surface area contributed by atoms with Gasteiger partial charge in [-0.2, -0.15) is 0 Å². The van der Waals surface area contributed by atoms with E-state index >= 15 is 0 Å². The van der Waals surface area contributed by atoms with Gasteiger partial charge in [0, 0.05) is 17.0 Å². The zero-order chi connectivity index (χ0) is 25.5. The number of amides is 1. The number of carbonyl (C=O) groups excluding carboxylic acids is 2. The van der Waals surface area contributed by atoms with Crippen molar-refractivity contribution >= 4 is 23.0 Å². The summed E-state index contributed by atoms with van der Waals surface area (Å²) in [6, 6.07) is 22.8. The zero-order valence-electron chi connectivity index (χ0n) is 20.2. The van der Waals surface area contributed by atoms with E-state index in [1.165, 1.54) is 6.07 Å². The van der Waals surface area contributed by atoms with Crippen LogP contribution in [0.5, 0.6) is 5.75 Å². The Balaban J connectivity index is 1.52. The molecule has 184 valence electrons. The Hall–Kier alpha value is -4.39. The number of nitrogens with one attached hydrogen (secondary N) is 1. The average molecular weight is 486 g/mol. The van der Waals surface area contributed by atoms with Crippen LogP contribution in [0.15, 0.2) is 88.1 Å². The molecule has 0 fully saturated rings. The van der Waals surface area contributed by atoms with Crippen LogP contribution in [-0.4, -0.2) is 18.1 Å². The second kappa shape index (κ2) is 11.4. The summed E-state index contributed by atoms with van der Waals surface area (Å²) in [5.74, 6) is -0.376. The number of carbonyl (C=O) groups is 2. The highest BCUT2D eigenvalue weighted by atomic mass is 16.6. The second-order valence-corrected chi connectivity index (χ2v) is 8.38. The smallest absolute Gasteiger partial charge is 0.408 e. The van der Waals surface area contributed by atoms with E-state index in [4.69, 9.17) is 13.9 Å². The summed E-state index contributed by atoms with van der Waals surface area (Å²) >= 11 is 0. The minimum atomic E-state index is -0.893. The van der Waals surface area contributed by atoms with Crippen molar-refractivity contribution in [3.63, 3.8) is 0 Å². The maximum Gasteiger partial charge on any atom is 0.408 e. The second-order valence-electron chi connectivity index (χ2n) is 8.38. The van der Waals surface area contributed by atoms with E-state index in [1.807, 2.05) is 67.6 Å². The molecule has 0 aliphatic rings. The number of esters is 1. The first-order chi connectivity index (χ1) is 17.5. The van der Waals surface area contributed by atoms with Gasteiger partial charge in [-0.25, -0.2) is 14.4 Å². The Morgan fingerprint density at radius 3 is 2.36 bits per heavy atom. The van der Waals surface area contributed by atoms with E-state index in [0.717, 1.165) is 22.1 Å². The average Bonchev–Trinajstić information content (AvgIpc) is 2.90. The molecule has 0 unspecified atom stereocenters. The molecule has 1 amide bonds. The number of fused-ring (bicyclic) bond motifs is 1. The molecule has 1 aromatic heterocycles. The molecular formula is C29H27NO6. The van der Waals surface area contributed by atoms with E-state index in [-0.39, 0.29) is 12.4 Å². The molecule has 4 aromatic rings. The monoisotopic (exact) mass is 485 g/mol. The van der Waals surface area contributed by atoms with E-state index in [1.54, 1.807) is 19.1 Å². The zero-order valence-corrected chi connectivity index (χ0v) is 20.2. The van der Waals surface area contributed by atoms with Gasteiger partial charge in [-0.3, -0.25) is 0 Å². The summed E-state index contributed by atoms with van der Waals surface area (Å²) in [7, 11) is 0. The normalized spacial score (nSPS) is 11.6. The molecule has 0 spiro atoms. The number of benzene rings is 3. The molecule has 0 radical (unpaired) electrons. The molecule has 1 atom stereocenters. The van der Waals surface area contributed by atoms with Crippen LogP contribution in [0.3, 0.4) is 0 Å². The maximum absolute atomic E-state index is 13.0. The fraction of sp³-hybridized carbons (Fsp3) is 0.207. The van der Waals surface area contributed by atoms with Crippen molar-refractivity contribution in [1.82, 2.24) is 5.32 Å². The van der Waals surface area contributed by atoms with Crippen LogP contribution >= 0.6 is 0 Å². The Bertz CT molecular complexity index is 1410. The number of hydrogen-bond acceptors (Lipinski definition) is 6. The molecule has 7 nitrogen and oxygen atoms in total. The van der Waals surface area contributed by atoms with Crippen molar-refractivity contribution in [2.75, 3.05) is 0 Å². The van der Waals surface area contributed by atoms with Gasteiger partial charge in [-0.1, -0.05) is 74.0 Å². The number of aryl methyl sites for hydroxylation is 1. The summed E-state index contributed by atoms with van der Waals surface area (Å²) in [4.78, 5) is 37.6. The standard InChI is InChI=1S/C29H27NO6/c1-3-10-24(30-29(33)34-18-20-11-6-4-7-12-20)28(32)35-25-16-15-22-23(21-13-8-5-9-14-21)17-26(31)36-27(22)19(25)2/h4-9,11-17,24H,3,10,18H2,1-2H3,(H,30,33)/t24-/m1/s1. The van der Waals surface area contributed by atoms with Crippen LogP contribution in [-0.2, 0) is 16.1 Å². The van der Waals surface area contributed by atoms with Crippen LogP contribution in [0, 0.1) is 6.92 Å². The van der Waals surface area contributed by atoms with Crippen molar-refractivity contribution in [3.05, 3.63) is 100 Å². The van der Waals surface area contributed by atoms with Crippen LogP contribution in [0.4, 0.5) is 4.79 Å².